The molecule has 6 heteroatoms. The fourth-order valence-corrected chi connectivity index (χ4v) is 2.03. The number of anilines is 2. The molecule has 0 saturated heterocycles. The van der Waals surface area contributed by atoms with E-state index in [1.54, 1.807) is 24.3 Å². The van der Waals surface area contributed by atoms with Crippen LogP contribution in [0, 0.1) is 5.82 Å². The molecule has 114 valence electrons. The number of carbonyl (C=O) groups is 2. The fourth-order valence-electron chi connectivity index (χ4n) is 1.82. The van der Waals surface area contributed by atoms with Crippen LogP contribution >= 0.6 is 11.6 Å². The number of nitrogens with one attached hydrogen (secondary N) is 2. The quantitative estimate of drug-likeness (QED) is 0.825. The average Bonchev–Trinajstić information content (AvgIpc) is 2.48. The Morgan fingerprint density at radius 2 is 1.95 bits per heavy atom. The largest absolute Gasteiger partial charge is 0.376 e. The van der Waals surface area contributed by atoms with Gasteiger partial charge in [0.15, 0.2) is 5.78 Å². The minimum absolute atomic E-state index is 0.00490. The fraction of sp³-hybridized carbons (Fsp3) is 0.125. The third-order valence-corrected chi connectivity index (χ3v) is 3.24. The minimum Gasteiger partial charge on any atom is -0.376 e. The zero-order valence-corrected chi connectivity index (χ0v) is 12.6. The zero-order chi connectivity index (χ0) is 16.1. The second kappa shape index (κ2) is 7.04. The Labute approximate surface area is 132 Å². The van der Waals surface area contributed by atoms with E-state index in [0.717, 1.165) is 6.07 Å². The highest BCUT2D eigenvalue weighted by Crippen LogP contribution is 2.22. The molecule has 22 heavy (non-hydrogen) atoms. The van der Waals surface area contributed by atoms with E-state index in [1.807, 2.05) is 0 Å². The van der Waals surface area contributed by atoms with Crippen LogP contribution in [0.5, 0.6) is 0 Å². The first-order valence-electron chi connectivity index (χ1n) is 6.55. The summed E-state index contributed by atoms with van der Waals surface area (Å²) < 4.78 is 12.9. The Morgan fingerprint density at radius 1 is 1.18 bits per heavy atom. The van der Waals surface area contributed by atoms with E-state index in [0.29, 0.717) is 16.9 Å². The molecule has 0 radical (unpaired) electrons. The first kappa shape index (κ1) is 16.0. The van der Waals surface area contributed by atoms with Crippen LogP contribution in [0.3, 0.4) is 0 Å². The molecule has 2 rings (SSSR count). The van der Waals surface area contributed by atoms with Gasteiger partial charge in [-0.15, -0.1) is 0 Å². The van der Waals surface area contributed by atoms with Crippen molar-refractivity contribution in [2.45, 2.75) is 6.92 Å². The van der Waals surface area contributed by atoms with E-state index in [-0.39, 0.29) is 23.3 Å². The molecule has 2 N–H and O–H groups in total. The standard InChI is InChI=1S/C16H14ClFN2O2/c1-10(21)11-3-2-4-13(7-11)19-9-16(22)20-15-6-5-12(18)8-14(15)17/h2-8,19H,9H2,1H3,(H,20,22). The molecular formula is C16H14ClFN2O2. The van der Waals surface area contributed by atoms with Gasteiger partial charge in [-0.3, -0.25) is 9.59 Å². The maximum Gasteiger partial charge on any atom is 0.243 e. The highest BCUT2D eigenvalue weighted by Gasteiger charge is 2.07. The molecule has 1 amide bonds. The first-order chi connectivity index (χ1) is 10.5. The minimum atomic E-state index is -0.470. The van der Waals surface area contributed by atoms with E-state index >= 15 is 0 Å². The predicted octanol–water partition coefficient (Wildman–Crippen LogP) is 3.73. The zero-order valence-electron chi connectivity index (χ0n) is 11.8. The van der Waals surface area contributed by atoms with Gasteiger partial charge in [0.05, 0.1) is 17.3 Å². The summed E-state index contributed by atoms with van der Waals surface area (Å²) in [7, 11) is 0. The second-order valence-electron chi connectivity index (χ2n) is 4.66. The van der Waals surface area contributed by atoms with Gasteiger partial charge < -0.3 is 10.6 Å². The Hall–Kier alpha value is -2.40. The molecule has 0 heterocycles. The lowest BCUT2D eigenvalue weighted by molar-refractivity contribution is -0.114. The van der Waals surface area contributed by atoms with Crippen LogP contribution in [0.2, 0.25) is 5.02 Å². The summed E-state index contributed by atoms with van der Waals surface area (Å²) in [6.45, 7) is 1.47. The van der Waals surface area contributed by atoms with Crippen LogP contribution in [0.25, 0.3) is 0 Å². The van der Waals surface area contributed by atoms with Crippen LogP contribution in [-0.2, 0) is 4.79 Å². The van der Waals surface area contributed by atoms with Crippen molar-refractivity contribution in [3.8, 4) is 0 Å². The highest BCUT2D eigenvalue weighted by atomic mass is 35.5. The summed E-state index contributed by atoms with van der Waals surface area (Å²) in [5, 5.41) is 5.62. The molecule has 0 spiro atoms. The SMILES string of the molecule is CC(=O)c1cccc(NCC(=O)Nc2ccc(F)cc2Cl)c1. The predicted molar refractivity (Wildman–Crippen MR) is 85.0 cm³/mol. The van der Waals surface area contributed by atoms with E-state index in [4.69, 9.17) is 11.6 Å². The molecule has 0 aliphatic carbocycles. The summed E-state index contributed by atoms with van der Waals surface area (Å²) >= 11 is 5.83. The van der Waals surface area contributed by atoms with Crippen molar-refractivity contribution in [3.05, 3.63) is 58.9 Å². The first-order valence-corrected chi connectivity index (χ1v) is 6.93. The second-order valence-corrected chi connectivity index (χ2v) is 5.07. The van der Waals surface area contributed by atoms with Crippen LogP contribution in [0.4, 0.5) is 15.8 Å². The number of hydrogen-bond donors (Lipinski definition) is 2. The molecular weight excluding hydrogens is 307 g/mol. The van der Waals surface area contributed by atoms with Crippen molar-refractivity contribution in [2.24, 2.45) is 0 Å². The lowest BCUT2D eigenvalue weighted by Crippen LogP contribution is -2.22. The Bertz CT molecular complexity index is 719. The molecule has 0 aromatic heterocycles. The summed E-state index contributed by atoms with van der Waals surface area (Å²) in [4.78, 5) is 23.1. The molecule has 0 aliphatic rings. The molecule has 0 saturated carbocycles. The van der Waals surface area contributed by atoms with Crippen LogP contribution in [0.1, 0.15) is 17.3 Å². The van der Waals surface area contributed by atoms with Gasteiger partial charge in [0.25, 0.3) is 0 Å². The lowest BCUT2D eigenvalue weighted by Gasteiger charge is -2.09. The summed E-state index contributed by atoms with van der Waals surface area (Å²) in [5.41, 5.74) is 1.56. The molecule has 0 atom stereocenters. The molecule has 2 aromatic carbocycles. The van der Waals surface area contributed by atoms with Crippen molar-refractivity contribution in [2.75, 3.05) is 17.2 Å². The topological polar surface area (TPSA) is 58.2 Å². The van der Waals surface area contributed by atoms with E-state index in [1.165, 1.54) is 19.1 Å². The van der Waals surface area contributed by atoms with Crippen LogP contribution < -0.4 is 10.6 Å². The van der Waals surface area contributed by atoms with E-state index in [9.17, 15) is 14.0 Å². The molecule has 0 unspecified atom stereocenters. The van der Waals surface area contributed by atoms with E-state index < -0.39 is 5.82 Å². The molecule has 0 fully saturated rings. The van der Waals surface area contributed by atoms with Gasteiger partial charge in [0.1, 0.15) is 5.82 Å². The number of halogens is 2. The van der Waals surface area contributed by atoms with Gasteiger partial charge in [-0.2, -0.15) is 0 Å². The van der Waals surface area contributed by atoms with Crippen molar-refractivity contribution < 1.29 is 14.0 Å². The summed E-state index contributed by atoms with van der Waals surface area (Å²) in [6, 6.07) is 10.6. The van der Waals surface area contributed by atoms with Crippen LogP contribution in [-0.4, -0.2) is 18.2 Å². The lowest BCUT2D eigenvalue weighted by atomic mass is 10.1. The number of rotatable bonds is 5. The Kier molecular flexibility index (Phi) is 5.12. The number of ketones is 1. The number of amides is 1. The maximum atomic E-state index is 12.9. The van der Waals surface area contributed by atoms with Crippen molar-refractivity contribution in [3.63, 3.8) is 0 Å². The maximum absolute atomic E-state index is 12.9. The number of hydrogen-bond acceptors (Lipinski definition) is 3. The number of carbonyl (C=O) groups excluding carboxylic acids is 2. The van der Waals surface area contributed by atoms with Gasteiger partial charge in [-0.1, -0.05) is 23.7 Å². The van der Waals surface area contributed by atoms with Crippen molar-refractivity contribution >= 4 is 34.7 Å². The van der Waals surface area contributed by atoms with Gasteiger partial charge >= 0.3 is 0 Å². The van der Waals surface area contributed by atoms with Gasteiger partial charge in [-0.05, 0) is 37.3 Å². The van der Waals surface area contributed by atoms with Gasteiger partial charge in [0, 0.05) is 11.3 Å². The average molecular weight is 321 g/mol. The number of benzene rings is 2. The van der Waals surface area contributed by atoms with Crippen molar-refractivity contribution in [1.82, 2.24) is 0 Å². The van der Waals surface area contributed by atoms with E-state index in [2.05, 4.69) is 10.6 Å². The monoisotopic (exact) mass is 320 g/mol. The van der Waals surface area contributed by atoms with Gasteiger partial charge in [0.2, 0.25) is 5.91 Å². The highest BCUT2D eigenvalue weighted by molar-refractivity contribution is 6.33. The normalized spacial score (nSPS) is 10.1. The van der Waals surface area contributed by atoms with Crippen molar-refractivity contribution in [1.29, 1.82) is 0 Å². The Morgan fingerprint density at radius 3 is 2.64 bits per heavy atom. The van der Waals surface area contributed by atoms with Crippen LogP contribution in [0.15, 0.2) is 42.5 Å². The Balaban J connectivity index is 1.95. The van der Waals surface area contributed by atoms with Gasteiger partial charge in [-0.25, -0.2) is 4.39 Å². The summed E-state index contributed by atoms with van der Waals surface area (Å²) in [6.07, 6.45) is 0. The molecule has 2 aromatic rings. The molecule has 0 aliphatic heterocycles. The molecule has 0 bridgehead atoms. The third kappa shape index (κ3) is 4.30. The molecule has 4 nitrogen and oxygen atoms in total. The summed E-state index contributed by atoms with van der Waals surface area (Å²) in [5.74, 6) is -0.852. The smallest absolute Gasteiger partial charge is 0.243 e. The number of Topliss-reactive ketones (excluding diaryl/α,β-unsaturated/α-hetero) is 1. The third-order valence-electron chi connectivity index (χ3n) is 2.93.